The number of aryl methyl sites for hydroxylation is 1. The van der Waals surface area contributed by atoms with Crippen molar-refractivity contribution >= 4 is 17.1 Å². The number of aromatic nitrogens is 1. The number of para-hydroxylation sites is 2. The van der Waals surface area contributed by atoms with Crippen molar-refractivity contribution in [2.45, 2.75) is 13.5 Å². The fourth-order valence-electron chi connectivity index (χ4n) is 2.05. The van der Waals surface area contributed by atoms with Gasteiger partial charge in [-0.15, -0.1) is 0 Å². The van der Waals surface area contributed by atoms with Crippen LogP contribution in [-0.2, 0) is 6.61 Å². The second kappa shape index (κ2) is 5.28. The molecule has 0 atom stereocenters. The molecule has 0 unspecified atom stereocenters. The van der Waals surface area contributed by atoms with E-state index in [-0.39, 0.29) is 12.2 Å². The summed E-state index contributed by atoms with van der Waals surface area (Å²) in [4.78, 5) is 15.5. The summed E-state index contributed by atoms with van der Waals surface area (Å²) in [5, 5.41) is 9.15. The van der Waals surface area contributed by atoms with Gasteiger partial charge < -0.3 is 14.3 Å². The van der Waals surface area contributed by atoms with Crippen LogP contribution in [0.3, 0.4) is 0 Å². The fraction of sp³-hybridized carbons (Fsp3) is 0.125. The van der Waals surface area contributed by atoms with Gasteiger partial charge in [0.25, 0.3) is 0 Å². The highest BCUT2D eigenvalue weighted by Crippen LogP contribution is 2.22. The van der Waals surface area contributed by atoms with Crippen LogP contribution >= 0.6 is 0 Å². The molecule has 0 aliphatic carbocycles. The maximum absolute atomic E-state index is 11.2. The molecule has 2 aromatic carbocycles. The summed E-state index contributed by atoms with van der Waals surface area (Å²) in [6.45, 7) is 1.95. The Morgan fingerprint density at radius 1 is 1.29 bits per heavy atom. The fourth-order valence-corrected chi connectivity index (χ4v) is 2.05. The molecule has 0 amide bonds. The number of rotatable bonds is 4. The SMILES string of the molecule is Cc1ccc(C(=O)O)c(OCc2nc3ccccc3o2)c1. The van der Waals surface area contributed by atoms with E-state index in [0.717, 1.165) is 11.1 Å². The third-order valence-corrected chi connectivity index (χ3v) is 3.06. The van der Waals surface area contributed by atoms with E-state index >= 15 is 0 Å². The van der Waals surface area contributed by atoms with E-state index in [1.165, 1.54) is 6.07 Å². The van der Waals surface area contributed by atoms with Gasteiger partial charge in [-0.1, -0.05) is 18.2 Å². The number of carboxylic acid groups (broad SMARTS) is 1. The van der Waals surface area contributed by atoms with Crippen molar-refractivity contribution in [2.24, 2.45) is 0 Å². The number of benzene rings is 2. The third kappa shape index (κ3) is 2.72. The molecule has 0 fully saturated rings. The van der Waals surface area contributed by atoms with Crippen molar-refractivity contribution in [3.63, 3.8) is 0 Å². The second-order valence-electron chi connectivity index (χ2n) is 4.67. The van der Waals surface area contributed by atoms with Gasteiger partial charge in [0.15, 0.2) is 12.2 Å². The van der Waals surface area contributed by atoms with Crippen molar-refractivity contribution in [2.75, 3.05) is 0 Å². The van der Waals surface area contributed by atoms with E-state index in [1.807, 2.05) is 31.2 Å². The summed E-state index contributed by atoms with van der Waals surface area (Å²) in [5.74, 6) is -0.304. The average Bonchev–Trinajstić information content (AvgIpc) is 2.87. The number of hydrogen-bond acceptors (Lipinski definition) is 4. The number of carboxylic acids is 1. The minimum atomic E-state index is -1.03. The van der Waals surface area contributed by atoms with Gasteiger partial charge in [-0.2, -0.15) is 0 Å². The zero-order valence-electron chi connectivity index (χ0n) is 11.4. The topological polar surface area (TPSA) is 72.6 Å². The molecule has 0 aliphatic rings. The first-order valence-electron chi connectivity index (χ1n) is 6.44. The number of hydrogen-bond donors (Lipinski definition) is 1. The van der Waals surface area contributed by atoms with E-state index < -0.39 is 5.97 Å². The Bertz CT molecular complexity index is 774. The number of ether oxygens (including phenoxy) is 1. The number of carbonyl (C=O) groups is 1. The van der Waals surface area contributed by atoms with E-state index in [4.69, 9.17) is 14.3 Å². The van der Waals surface area contributed by atoms with Crippen molar-refractivity contribution in [3.05, 3.63) is 59.5 Å². The largest absolute Gasteiger partial charge is 0.483 e. The smallest absolute Gasteiger partial charge is 0.339 e. The predicted molar refractivity (Wildman–Crippen MR) is 76.5 cm³/mol. The normalized spacial score (nSPS) is 10.7. The Morgan fingerprint density at radius 3 is 2.86 bits per heavy atom. The van der Waals surface area contributed by atoms with Crippen LogP contribution < -0.4 is 4.74 Å². The van der Waals surface area contributed by atoms with E-state index in [9.17, 15) is 4.79 Å². The summed E-state index contributed by atoms with van der Waals surface area (Å²) in [7, 11) is 0. The zero-order valence-corrected chi connectivity index (χ0v) is 11.4. The highest BCUT2D eigenvalue weighted by Gasteiger charge is 2.13. The lowest BCUT2D eigenvalue weighted by Gasteiger charge is -2.08. The van der Waals surface area contributed by atoms with Crippen LogP contribution in [0.4, 0.5) is 0 Å². The molecule has 3 rings (SSSR count). The molecule has 0 bridgehead atoms. The standard InChI is InChI=1S/C16H13NO4/c1-10-6-7-11(16(18)19)14(8-10)20-9-15-17-12-4-2-3-5-13(12)21-15/h2-8H,9H2,1H3,(H,18,19). The minimum absolute atomic E-state index is 0.0818. The van der Waals surface area contributed by atoms with Gasteiger partial charge in [0, 0.05) is 0 Å². The van der Waals surface area contributed by atoms with Crippen LogP contribution in [0.25, 0.3) is 11.1 Å². The first-order valence-corrected chi connectivity index (χ1v) is 6.44. The highest BCUT2D eigenvalue weighted by atomic mass is 16.5. The van der Waals surface area contributed by atoms with Gasteiger partial charge in [0.1, 0.15) is 16.8 Å². The van der Waals surface area contributed by atoms with E-state index in [1.54, 1.807) is 12.1 Å². The Balaban J connectivity index is 1.84. The summed E-state index contributed by atoms with van der Waals surface area (Å²) in [5.41, 5.74) is 2.47. The molecule has 1 heterocycles. The number of oxazole rings is 1. The molecule has 0 spiro atoms. The lowest BCUT2D eigenvalue weighted by Crippen LogP contribution is -2.03. The maximum atomic E-state index is 11.2. The Morgan fingerprint density at radius 2 is 2.10 bits per heavy atom. The molecular weight excluding hydrogens is 270 g/mol. The summed E-state index contributed by atoms with van der Waals surface area (Å²) >= 11 is 0. The summed E-state index contributed by atoms with van der Waals surface area (Å²) in [6, 6.07) is 12.3. The maximum Gasteiger partial charge on any atom is 0.339 e. The van der Waals surface area contributed by atoms with Crippen LogP contribution in [0.15, 0.2) is 46.9 Å². The molecule has 5 heteroatoms. The summed E-state index contributed by atoms with van der Waals surface area (Å²) < 4.78 is 11.1. The van der Waals surface area contributed by atoms with E-state index in [0.29, 0.717) is 17.2 Å². The number of aromatic carboxylic acids is 1. The summed E-state index contributed by atoms with van der Waals surface area (Å²) in [6.07, 6.45) is 0. The van der Waals surface area contributed by atoms with Gasteiger partial charge >= 0.3 is 5.97 Å². The molecule has 0 radical (unpaired) electrons. The van der Waals surface area contributed by atoms with Gasteiger partial charge in [-0.3, -0.25) is 0 Å². The second-order valence-corrected chi connectivity index (χ2v) is 4.67. The first-order chi connectivity index (χ1) is 10.1. The molecule has 1 N–H and O–H groups in total. The quantitative estimate of drug-likeness (QED) is 0.794. The van der Waals surface area contributed by atoms with Crippen LogP contribution in [0.2, 0.25) is 0 Å². The zero-order chi connectivity index (χ0) is 14.8. The van der Waals surface area contributed by atoms with Gasteiger partial charge in [0.2, 0.25) is 5.89 Å². The van der Waals surface area contributed by atoms with Crippen molar-refractivity contribution in [1.29, 1.82) is 0 Å². The van der Waals surface area contributed by atoms with Gasteiger partial charge in [-0.25, -0.2) is 9.78 Å². The van der Waals surface area contributed by atoms with Gasteiger partial charge in [0.05, 0.1) is 0 Å². The van der Waals surface area contributed by atoms with Crippen LogP contribution in [0, 0.1) is 6.92 Å². The van der Waals surface area contributed by atoms with Crippen LogP contribution in [0.5, 0.6) is 5.75 Å². The minimum Gasteiger partial charge on any atom is -0.483 e. The molecule has 1 aromatic heterocycles. The molecule has 5 nitrogen and oxygen atoms in total. The monoisotopic (exact) mass is 283 g/mol. The van der Waals surface area contributed by atoms with Crippen molar-refractivity contribution in [1.82, 2.24) is 4.98 Å². The Hall–Kier alpha value is -2.82. The van der Waals surface area contributed by atoms with Crippen LogP contribution in [-0.4, -0.2) is 16.1 Å². The van der Waals surface area contributed by atoms with E-state index in [2.05, 4.69) is 4.98 Å². The molecule has 21 heavy (non-hydrogen) atoms. The Kier molecular flexibility index (Phi) is 3.31. The average molecular weight is 283 g/mol. The predicted octanol–water partition coefficient (Wildman–Crippen LogP) is 3.41. The lowest BCUT2D eigenvalue weighted by atomic mass is 10.1. The number of nitrogens with zero attached hydrogens (tertiary/aromatic N) is 1. The number of fused-ring (bicyclic) bond motifs is 1. The van der Waals surface area contributed by atoms with Crippen molar-refractivity contribution < 1.29 is 19.1 Å². The molecule has 0 saturated carbocycles. The lowest BCUT2D eigenvalue weighted by molar-refractivity contribution is 0.0691. The molecule has 106 valence electrons. The Labute approximate surface area is 120 Å². The van der Waals surface area contributed by atoms with Crippen molar-refractivity contribution in [3.8, 4) is 5.75 Å². The third-order valence-electron chi connectivity index (χ3n) is 3.06. The molecular formula is C16H13NO4. The molecule has 0 aliphatic heterocycles. The first kappa shape index (κ1) is 13.2. The molecule has 0 saturated heterocycles. The highest BCUT2D eigenvalue weighted by molar-refractivity contribution is 5.91. The van der Waals surface area contributed by atoms with Gasteiger partial charge in [-0.05, 0) is 36.8 Å². The molecule has 3 aromatic rings. The van der Waals surface area contributed by atoms with Crippen LogP contribution in [0.1, 0.15) is 21.8 Å².